The molecule has 19 heavy (non-hydrogen) atoms. The zero-order valence-corrected chi connectivity index (χ0v) is 13.3. The summed E-state index contributed by atoms with van der Waals surface area (Å²) in [7, 11) is 0. The van der Waals surface area contributed by atoms with Crippen molar-refractivity contribution in [3.8, 4) is 0 Å². The van der Waals surface area contributed by atoms with Gasteiger partial charge in [0.05, 0.1) is 5.69 Å². The lowest BCUT2D eigenvalue weighted by Crippen LogP contribution is -2.10. The topological polar surface area (TPSA) is 25.5 Å². The normalized spacial score (nSPS) is 13.1. The highest BCUT2D eigenvalue weighted by Crippen LogP contribution is 2.24. The standard InChI is InChI=1S/C16H21NOS/c1-10-7-12(3)13(8-11(10)2)17-15-18-14(9-19-15)16(4,5)6/h7-9H,1-6H3. The third-order valence-electron chi connectivity index (χ3n) is 3.23. The molecule has 0 spiro atoms. The molecule has 3 heteroatoms. The van der Waals surface area contributed by atoms with Crippen LogP contribution in [0.5, 0.6) is 0 Å². The van der Waals surface area contributed by atoms with Gasteiger partial charge >= 0.3 is 0 Å². The Balaban J connectivity index is 2.47. The second-order valence-corrected chi connectivity index (χ2v) is 6.87. The molecule has 1 heterocycles. The Hall–Kier alpha value is -1.35. The maximum atomic E-state index is 5.83. The van der Waals surface area contributed by atoms with Crippen molar-refractivity contribution in [1.29, 1.82) is 0 Å². The molecule has 1 aromatic heterocycles. The van der Waals surface area contributed by atoms with Gasteiger partial charge < -0.3 is 4.42 Å². The van der Waals surface area contributed by atoms with Gasteiger partial charge in [-0.2, -0.15) is 0 Å². The average Bonchev–Trinajstić information content (AvgIpc) is 2.74. The van der Waals surface area contributed by atoms with Crippen LogP contribution >= 0.6 is 11.3 Å². The Morgan fingerprint density at radius 2 is 1.63 bits per heavy atom. The van der Waals surface area contributed by atoms with E-state index in [1.807, 2.05) is 0 Å². The maximum Gasteiger partial charge on any atom is 0.278 e. The molecule has 0 atom stereocenters. The van der Waals surface area contributed by atoms with Crippen LogP contribution in [0.25, 0.3) is 0 Å². The SMILES string of the molecule is Cc1cc(C)c(N=c2oc(C(C)(C)C)cs2)cc1C. The summed E-state index contributed by atoms with van der Waals surface area (Å²) in [5.74, 6) is 0.984. The molecule has 0 radical (unpaired) electrons. The van der Waals surface area contributed by atoms with Crippen LogP contribution in [-0.4, -0.2) is 0 Å². The van der Waals surface area contributed by atoms with Crippen LogP contribution in [0.15, 0.2) is 26.9 Å². The number of rotatable bonds is 1. The van der Waals surface area contributed by atoms with E-state index in [9.17, 15) is 0 Å². The molecule has 0 aliphatic rings. The van der Waals surface area contributed by atoms with E-state index in [4.69, 9.17) is 4.42 Å². The van der Waals surface area contributed by atoms with E-state index < -0.39 is 0 Å². The first-order valence-electron chi connectivity index (χ1n) is 6.49. The molecule has 0 saturated carbocycles. The second kappa shape index (κ2) is 4.97. The summed E-state index contributed by atoms with van der Waals surface area (Å²) in [4.78, 5) is 5.35. The highest BCUT2D eigenvalue weighted by Gasteiger charge is 2.17. The molecule has 0 fully saturated rings. The Morgan fingerprint density at radius 1 is 1.00 bits per heavy atom. The lowest BCUT2D eigenvalue weighted by Gasteiger charge is -2.12. The number of nitrogens with zero attached hydrogens (tertiary/aromatic N) is 1. The molecule has 2 nitrogen and oxygen atoms in total. The summed E-state index contributed by atoms with van der Waals surface area (Å²) < 4.78 is 5.83. The molecule has 0 aliphatic carbocycles. The minimum absolute atomic E-state index is 0.0303. The molecule has 0 N–H and O–H groups in total. The summed E-state index contributed by atoms with van der Waals surface area (Å²) in [6, 6.07) is 4.29. The van der Waals surface area contributed by atoms with E-state index in [0.29, 0.717) is 0 Å². The predicted molar refractivity (Wildman–Crippen MR) is 81.2 cm³/mol. The van der Waals surface area contributed by atoms with E-state index in [-0.39, 0.29) is 5.41 Å². The molecule has 0 aliphatic heterocycles. The first kappa shape index (κ1) is 14.1. The average molecular weight is 275 g/mol. The summed E-state index contributed by atoms with van der Waals surface area (Å²) in [5.41, 5.74) is 4.77. The van der Waals surface area contributed by atoms with E-state index in [2.05, 4.69) is 64.0 Å². The minimum Gasteiger partial charge on any atom is -0.434 e. The summed E-state index contributed by atoms with van der Waals surface area (Å²) >= 11 is 1.56. The van der Waals surface area contributed by atoms with Gasteiger partial charge in [-0.1, -0.05) is 38.2 Å². The fraction of sp³-hybridized carbons (Fsp3) is 0.438. The van der Waals surface area contributed by atoms with Crippen LogP contribution in [0, 0.1) is 20.8 Å². The van der Waals surface area contributed by atoms with Gasteiger partial charge in [-0.05, 0) is 43.5 Å². The van der Waals surface area contributed by atoms with Crippen molar-refractivity contribution >= 4 is 17.0 Å². The maximum absolute atomic E-state index is 5.83. The van der Waals surface area contributed by atoms with Gasteiger partial charge in [-0.15, -0.1) is 0 Å². The van der Waals surface area contributed by atoms with Gasteiger partial charge in [-0.25, -0.2) is 4.99 Å². The van der Waals surface area contributed by atoms with E-state index in [1.54, 1.807) is 11.3 Å². The quantitative estimate of drug-likeness (QED) is 0.734. The summed E-state index contributed by atoms with van der Waals surface area (Å²) in [6.45, 7) is 12.7. The smallest absolute Gasteiger partial charge is 0.278 e. The van der Waals surface area contributed by atoms with E-state index in [1.165, 1.54) is 16.7 Å². The lowest BCUT2D eigenvalue weighted by atomic mass is 9.95. The van der Waals surface area contributed by atoms with Gasteiger partial charge in [0.25, 0.3) is 4.87 Å². The highest BCUT2D eigenvalue weighted by molar-refractivity contribution is 7.07. The van der Waals surface area contributed by atoms with Gasteiger partial charge in [-0.3, -0.25) is 0 Å². The molecular weight excluding hydrogens is 254 g/mol. The highest BCUT2D eigenvalue weighted by atomic mass is 32.1. The first-order chi connectivity index (χ1) is 8.77. The van der Waals surface area contributed by atoms with Crippen LogP contribution in [0.1, 0.15) is 43.2 Å². The fourth-order valence-corrected chi connectivity index (χ4v) is 2.69. The molecular formula is C16H21NOS. The van der Waals surface area contributed by atoms with E-state index in [0.717, 1.165) is 16.3 Å². The third kappa shape index (κ3) is 3.16. The third-order valence-corrected chi connectivity index (χ3v) is 3.94. The van der Waals surface area contributed by atoms with Gasteiger partial charge in [0.2, 0.25) is 0 Å². The largest absolute Gasteiger partial charge is 0.434 e. The van der Waals surface area contributed by atoms with Gasteiger partial charge in [0.15, 0.2) is 0 Å². The van der Waals surface area contributed by atoms with Crippen LogP contribution < -0.4 is 4.87 Å². The monoisotopic (exact) mass is 275 g/mol. The molecule has 0 amide bonds. The van der Waals surface area contributed by atoms with Crippen molar-refractivity contribution in [1.82, 2.24) is 0 Å². The lowest BCUT2D eigenvalue weighted by molar-refractivity contribution is 0.388. The van der Waals surface area contributed by atoms with Crippen LogP contribution in [0.4, 0.5) is 5.69 Å². The Bertz CT molecular complexity index is 656. The molecule has 0 saturated heterocycles. The second-order valence-electron chi connectivity index (χ2n) is 6.05. The molecule has 2 aromatic rings. The van der Waals surface area contributed by atoms with Crippen LogP contribution in [0.3, 0.4) is 0 Å². The Kier molecular flexibility index (Phi) is 3.68. The van der Waals surface area contributed by atoms with Crippen molar-refractivity contribution in [2.24, 2.45) is 4.99 Å². The summed E-state index contributed by atoms with van der Waals surface area (Å²) in [6.07, 6.45) is 0. The van der Waals surface area contributed by atoms with Crippen molar-refractivity contribution in [3.63, 3.8) is 0 Å². The Morgan fingerprint density at radius 3 is 2.21 bits per heavy atom. The molecule has 0 bridgehead atoms. The molecule has 102 valence electrons. The number of hydrogen-bond donors (Lipinski definition) is 0. The predicted octanol–water partition coefficient (Wildman–Crippen LogP) is 4.80. The number of aryl methyl sites for hydroxylation is 3. The van der Waals surface area contributed by atoms with Crippen molar-refractivity contribution in [3.05, 3.63) is 44.8 Å². The first-order valence-corrected chi connectivity index (χ1v) is 7.37. The van der Waals surface area contributed by atoms with E-state index >= 15 is 0 Å². The summed E-state index contributed by atoms with van der Waals surface area (Å²) in [5, 5.41) is 2.05. The van der Waals surface area contributed by atoms with Crippen LogP contribution in [0.2, 0.25) is 0 Å². The molecule has 0 unspecified atom stereocenters. The van der Waals surface area contributed by atoms with Crippen LogP contribution in [-0.2, 0) is 5.41 Å². The van der Waals surface area contributed by atoms with Crippen molar-refractivity contribution < 1.29 is 4.42 Å². The fourth-order valence-electron chi connectivity index (χ4n) is 1.79. The molecule has 2 rings (SSSR count). The van der Waals surface area contributed by atoms with Gasteiger partial charge in [0.1, 0.15) is 5.76 Å². The van der Waals surface area contributed by atoms with Gasteiger partial charge in [0, 0.05) is 10.8 Å². The minimum atomic E-state index is 0.0303. The Labute approximate surface area is 118 Å². The van der Waals surface area contributed by atoms with Crippen molar-refractivity contribution in [2.75, 3.05) is 0 Å². The molecule has 1 aromatic carbocycles. The van der Waals surface area contributed by atoms with Crippen molar-refractivity contribution in [2.45, 2.75) is 47.0 Å². The zero-order chi connectivity index (χ0) is 14.2. The number of hydrogen-bond acceptors (Lipinski definition) is 3. The number of benzene rings is 1. The zero-order valence-electron chi connectivity index (χ0n) is 12.5.